The molecule has 2 unspecified atom stereocenters. The highest BCUT2D eigenvalue weighted by atomic mass is 32.2. The molecule has 0 fully saturated rings. The number of aliphatic hydroxyl groups is 1. The Morgan fingerprint density at radius 1 is 1.47 bits per heavy atom. The average molecular weight is 225 g/mol. The van der Waals surface area contributed by atoms with Crippen molar-refractivity contribution in [1.82, 2.24) is 0 Å². The topological polar surface area (TPSA) is 44.0 Å². The third-order valence-electron chi connectivity index (χ3n) is 2.05. The molecule has 4 heteroatoms. The van der Waals surface area contributed by atoms with Gasteiger partial charge in [0.05, 0.1) is 17.7 Å². The van der Waals surface area contributed by atoms with Crippen LogP contribution in [0.3, 0.4) is 0 Å². The van der Waals surface area contributed by atoms with Gasteiger partial charge in [-0.05, 0) is 25.1 Å². The highest BCUT2D eigenvalue weighted by Crippen LogP contribution is 2.28. The van der Waals surface area contributed by atoms with Gasteiger partial charge in [0.1, 0.15) is 5.82 Å². The average Bonchev–Trinajstić information content (AvgIpc) is 2.20. The second-order valence-electron chi connectivity index (χ2n) is 3.32. The van der Waals surface area contributed by atoms with Crippen LogP contribution < -0.4 is 0 Å². The molecule has 0 aliphatic heterocycles. The third kappa shape index (κ3) is 3.22. The van der Waals surface area contributed by atoms with Crippen molar-refractivity contribution in [1.29, 1.82) is 5.26 Å². The fraction of sp³-hybridized carbons (Fsp3) is 0.364. The van der Waals surface area contributed by atoms with Crippen molar-refractivity contribution in [2.45, 2.75) is 30.1 Å². The fourth-order valence-corrected chi connectivity index (χ4v) is 1.88. The molecule has 1 rings (SSSR count). The molecule has 1 aromatic rings. The number of benzene rings is 1. The number of hydrogen-bond acceptors (Lipinski definition) is 3. The molecule has 1 N–H and O–H groups in total. The quantitative estimate of drug-likeness (QED) is 0.804. The monoisotopic (exact) mass is 225 g/mol. The van der Waals surface area contributed by atoms with Crippen LogP contribution in [0.4, 0.5) is 4.39 Å². The van der Waals surface area contributed by atoms with Crippen molar-refractivity contribution in [2.24, 2.45) is 0 Å². The first-order chi connectivity index (χ1) is 7.04. The number of nitriles is 1. The summed E-state index contributed by atoms with van der Waals surface area (Å²) in [4.78, 5) is 0.461. The smallest absolute Gasteiger partial charge is 0.138 e. The number of aliphatic hydroxyl groups excluding tert-OH is 1. The summed E-state index contributed by atoms with van der Waals surface area (Å²) in [5.41, 5.74) is 0.307. The second-order valence-corrected chi connectivity index (χ2v) is 4.74. The van der Waals surface area contributed by atoms with E-state index < -0.39 is 11.9 Å². The summed E-state index contributed by atoms with van der Waals surface area (Å²) in [7, 11) is 0. The van der Waals surface area contributed by atoms with Crippen LogP contribution in [0.5, 0.6) is 0 Å². The molecular weight excluding hydrogens is 213 g/mol. The zero-order valence-electron chi connectivity index (χ0n) is 8.57. The van der Waals surface area contributed by atoms with Crippen molar-refractivity contribution >= 4 is 11.8 Å². The number of halogens is 1. The molecule has 0 bridgehead atoms. The summed E-state index contributed by atoms with van der Waals surface area (Å²) in [6, 6.07) is 6.21. The van der Waals surface area contributed by atoms with Crippen LogP contribution in [0.15, 0.2) is 23.1 Å². The van der Waals surface area contributed by atoms with Gasteiger partial charge in [0.25, 0.3) is 0 Å². The van der Waals surface area contributed by atoms with Gasteiger partial charge < -0.3 is 5.11 Å². The fourth-order valence-electron chi connectivity index (χ4n) is 0.965. The van der Waals surface area contributed by atoms with Gasteiger partial charge in [-0.2, -0.15) is 5.26 Å². The van der Waals surface area contributed by atoms with E-state index in [0.717, 1.165) is 0 Å². The maximum Gasteiger partial charge on any atom is 0.138 e. The summed E-state index contributed by atoms with van der Waals surface area (Å²) < 4.78 is 13.4. The lowest BCUT2D eigenvalue weighted by atomic mass is 10.2. The van der Waals surface area contributed by atoms with E-state index in [1.807, 2.05) is 13.0 Å². The minimum Gasteiger partial charge on any atom is -0.392 e. The van der Waals surface area contributed by atoms with Gasteiger partial charge in [0.2, 0.25) is 0 Å². The predicted molar refractivity (Wildman–Crippen MR) is 58.1 cm³/mol. The third-order valence-corrected chi connectivity index (χ3v) is 3.40. The molecular formula is C11H12FNOS. The summed E-state index contributed by atoms with van der Waals surface area (Å²) in [6.45, 7) is 3.49. The minimum absolute atomic E-state index is 0.0764. The van der Waals surface area contributed by atoms with E-state index in [0.29, 0.717) is 10.5 Å². The van der Waals surface area contributed by atoms with Crippen LogP contribution in [-0.2, 0) is 0 Å². The Kier molecular flexibility index (Phi) is 4.13. The van der Waals surface area contributed by atoms with E-state index in [4.69, 9.17) is 5.26 Å². The molecule has 0 amide bonds. The Morgan fingerprint density at radius 3 is 2.60 bits per heavy atom. The van der Waals surface area contributed by atoms with Crippen molar-refractivity contribution in [3.05, 3.63) is 29.6 Å². The van der Waals surface area contributed by atoms with Crippen molar-refractivity contribution < 1.29 is 9.50 Å². The molecule has 1 aromatic carbocycles. The van der Waals surface area contributed by atoms with Crippen LogP contribution in [0, 0.1) is 17.1 Å². The summed E-state index contributed by atoms with van der Waals surface area (Å²) in [5.74, 6) is -0.411. The molecule has 0 aliphatic rings. The van der Waals surface area contributed by atoms with Crippen LogP contribution in [-0.4, -0.2) is 16.5 Å². The SMILES string of the molecule is CC(O)C(C)Sc1ccc(C#N)cc1F. The van der Waals surface area contributed by atoms with Gasteiger partial charge in [-0.25, -0.2) is 4.39 Å². The second kappa shape index (κ2) is 5.15. The van der Waals surface area contributed by atoms with Crippen LogP contribution in [0.2, 0.25) is 0 Å². The summed E-state index contributed by atoms with van der Waals surface area (Å²) in [6.07, 6.45) is -0.495. The Labute approximate surface area is 92.7 Å². The standard InChI is InChI=1S/C11H12FNOS/c1-7(14)8(2)15-11-4-3-9(6-13)5-10(11)12/h3-5,7-8,14H,1-2H3. The molecule has 0 heterocycles. The first-order valence-corrected chi connectivity index (χ1v) is 5.47. The van der Waals surface area contributed by atoms with Gasteiger partial charge in [-0.3, -0.25) is 0 Å². The molecule has 80 valence electrons. The van der Waals surface area contributed by atoms with E-state index in [1.54, 1.807) is 19.1 Å². The zero-order valence-corrected chi connectivity index (χ0v) is 9.38. The minimum atomic E-state index is -0.495. The first kappa shape index (κ1) is 12.0. The summed E-state index contributed by atoms with van der Waals surface area (Å²) in [5, 5.41) is 17.8. The molecule has 0 saturated heterocycles. The van der Waals surface area contributed by atoms with Crippen molar-refractivity contribution in [3.63, 3.8) is 0 Å². The molecule has 2 nitrogen and oxygen atoms in total. The number of rotatable bonds is 3. The lowest BCUT2D eigenvalue weighted by Crippen LogP contribution is -2.15. The highest BCUT2D eigenvalue weighted by molar-refractivity contribution is 8.00. The number of hydrogen-bond donors (Lipinski definition) is 1. The highest BCUT2D eigenvalue weighted by Gasteiger charge is 2.13. The normalized spacial score (nSPS) is 14.3. The lowest BCUT2D eigenvalue weighted by molar-refractivity contribution is 0.196. The largest absolute Gasteiger partial charge is 0.392 e. The van der Waals surface area contributed by atoms with E-state index in [-0.39, 0.29) is 5.25 Å². The van der Waals surface area contributed by atoms with Crippen LogP contribution in [0.25, 0.3) is 0 Å². The Bertz CT molecular complexity index is 387. The van der Waals surface area contributed by atoms with Crippen LogP contribution >= 0.6 is 11.8 Å². The zero-order chi connectivity index (χ0) is 11.4. The van der Waals surface area contributed by atoms with E-state index in [2.05, 4.69) is 0 Å². The Balaban J connectivity index is 2.84. The van der Waals surface area contributed by atoms with Gasteiger partial charge >= 0.3 is 0 Å². The van der Waals surface area contributed by atoms with E-state index in [9.17, 15) is 9.50 Å². The summed E-state index contributed by atoms with van der Waals surface area (Å²) >= 11 is 1.26. The molecule has 15 heavy (non-hydrogen) atoms. The predicted octanol–water partition coefficient (Wildman–Crippen LogP) is 2.56. The molecule has 0 saturated carbocycles. The first-order valence-electron chi connectivity index (χ1n) is 4.59. The van der Waals surface area contributed by atoms with Gasteiger partial charge in [0.15, 0.2) is 0 Å². The van der Waals surface area contributed by atoms with E-state index in [1.165, 1.54) is 17.8 Å². The Hall–Kier alpha value is -1.05. The van der Waals surface area contributed by atoms with Gasteiger partial charge in [0, 0.05) is 10.1 Å². The van der Waals surface area contributed by atoms with Gasteiger partial charge in [-0.1, -0.05) is 6.92 Å². The molecule has 0 aliphatic carbocycles. The molecule has 0 radical (unpaired) electrons. The molecule has 0 aromatic heterocycles. The molecule has 0 spiro atoms. The van der Waals surface area contributed by atoms with Crippen LogP contribution in [0.1, 0.15) is 19.4 Å². The Morgan fingerprint density at radius 2 is 2.13 bits per heavy atom. The molecule has 2 atom stereocenters. The van der Waals surface area contributed by atoms with E-state index >= 15 is 0 Å². The maximum absolute atomic E-state index is 13.4. The van der Waals surface area contributed by atoms with Crippen molar-refractivity contribution in [2.75, 3.05) is 0 Å². The number of thioether (sulfide) groups is 1. The number of nitrogens with zero attached hydrogens (tertiary/aromatic N) is 1. The van der Waals surface area contributed by atoms with Gasteiger partial charge in [-0.15, -0.1) is 11.8 Å². The lowest BCUT2D eigenvalue weighted by Gasteiger charge is -2.14. The maximum atomic E-state index is 13.4. The van der Waals surface area contributed by atoms with Crippen molar-refractivity contribution in [3.8, 4) is 6.07 Å².